The number of methoxy groups -OCH3 is 3. The lowest BCUT2D eigenvalue weighted by molar-refractivity contribution is -0.117. The quantitative estimate of drug-likeness (QED) is 0.706. The van der Waals surface area contributed by atoms with Gasteiger partial charge in [0.1, 0.15) is 11.6 Å². The third kappa shape index (κ3) is 5.10. The maximum atomic E-state index is 13.9. The normalized spacial score (nSPS) is 10.7. The zero-order valence-electron chi connectivity index (χ0n) is 16.3. The van der Waals surface area contributed by atoms with E-state index in [1.54, 1.807) is 17.0 Å². The summed E-state index contributed by atoms with van der Waals surface area (Å²) in [6.45, 7) is 2.19. The van der Waals surface area contributed by atoms with E-state index in [1.807, 2.05) is 6.92 Å². The van der Waals surface area contributed by atoms with Crippen molar-refractivity contribution in [2.75, 3.05) is 39.7 Å². The molecule has 0 saturated carbocycles. The van der Waals surface area contributed by atoms with Crippen molar-refractivity contribution < 1.29 is 27.8 Å². The van der Waals surface area contributed by atoms with Gasteiger partial charge in [0.15, 0.2) is 11.5 Å². The van der Waals surface area contributed by atoms with Crippen LogP contribution in [-0.4, -0.2) is 45.2 Å². The summed E-state index contributed by atoms with van der Waals surface area (Å²) in [6, 6.07) is 6.91. The lowest BCUT2D eigenvalue weighted by Crippen LogP contribution is -2.33. The summed E-state index contributed by atoms with van der Waals surface area (Å²) in [5.41, 5.74) is 0.387. The van der Waals surface area contributed by atoms with Gasteiger partial charge in [-0.25, -0.2) is 8.78 Å². The van der Waals surface area contributed by atoms with Crippen molar-refractivity contribution in [2.45, 2.75) is 13.5 Å². The first kappa shape index (κ1) is 21.4. The van der Waals surface area contributed by atoms with Crippen LogP contribution < -0.4 is 19.5 Å². The van der Waals surface area contributed by atoms with Crippen molar-refractivity contribution in [1.29, 1.82) is 0 Å². The number of nitrogens with one attached hydrogen (secondary N) is 1. The molecule has 0 saturated heterocycles. The van der Waals surface area contributed by atoms with Crippen molar-refractivity contribution in [3.63, 3.8) is 0 Å². The third-order valence-corrected chi connectivity index (χ3v) is 4.21. The van der Waals surface area contributed by atoms with Crippen molar-refractivity contribution in [2.24, 2.45) is 0 Å². The highest BCUT2D eigenvalue weighted by Gasteiger charge is 2.17. The number of anilines is 1. The van der Waals surface area contributed by atoms with Crippen molar-refractivity contribution in [3.8, 4) is 17.2 Å². The number of benzene rings is 2. The summed E-state index contributed by atoms with van der Waals surface area (Å²) >= 11 is 0. The van der Waals surface area contributed by atoms with E-state index in [-0.39, 0.29) is 24.6 Å². The van der Waals surface area contributed by atoms with Crippen LogP contribution >= 0.6 is 0 Å². The van der Waals surface area contributed by atoms with Gasteiger partial charge < -0.3 is 19.5 Å². The number of hydrogen-bond donors (Lipinski definition) is 1. The molecule has 28 heavy (non-hydrogen) atoms. The molecule has 2 rings (SSSR count). The predicted molar refractivity (Wildman–Crippen MR) is 102 cm³/mol. The van der Waals surface area contributed by atoms with E-state index in [4.69, 9.17) is 14.2 Å². The van der Waals surface area contributed by atoms with E-state index in [2.05, 4.69) is 5.32 Å². The van der Waals surface area contributed by atoms with Crippen LogP contribution in [0.2, 0.25) is 0 Å². The zero-order chi connectivity index (χ0) is 20.7. The molecule has 6 nitrogen and oxygen atoms in total. The van der Waals surface area contributed by atoms with Crippen molar-refractivity contribution in [1.82, 2.24) is 4.90 Å². The fourth-order valence-corrected chi connectivity index (χ4v) is 2.74. The molecule has 0 heterocycles. The lowest BCUT2D eigenvalue weighted by Gasteiger charge is -2.21. The summed E-state index contributed by atoms with van der Waals surface area (Å²) < 4.78 is 43.5. The minimum Gasteiger partial charge on any atom is -0.493 e. The molecule has 0 aliphatic rings. The molecule has 0 aliphatic carbocycles. The van der Waals surface area contributed by atoms with E-state index < -0.39 is 11.6 Å². The number of carbonyl (C=O) groups excluding carboxylic acids is 1. The number of hydrogen-bond acceptors (Lipinski definition) is 5. The van der Waals surface area contributed by atoms with Gasteiger partial charge in [0.25, 0.3) is 0 Å². The molecule has 0 aliphatic heterocycles. The van der Waals surface area contributed by atoms with Gasteiger partial charge in [-0.2, -0.15) is 0 Å². The van der Waals surface area contributed by atoms with Gasteiger partial charge in [-0.1, -0.05) is 13.0 Å². The van der Waals surface area contributed by atoms with Gasteiger partial charge in [0.05, 0.1) is 27.9 Å². The molecule has 8 heteroatoms. The van der Waals surface area contributed by atoms with Crippen molar-refractivity contribution in [3.05, 3.63) is 47.5 Å². The SMILES string of the molecule is CCN(CC(=O)Nc1cc(OC)c(OC)c(OC)c1)Cc1c(F)cccc1F. The Bertz CT molecular complexity index is 785. The topological polar surface area (TPSA) is 60.0 Å². The lowest BCUT2D eigenvalue weighted by atomic mass is 10.2. The summed E-state index contributed by atoms with van der Waals surface area (Å²) in [7, 11) is 4.44. The average Bonchev–Trinajstić information content (AvgIpc) is 2.68. The van der Waals surface area contributed by atoms with Gasteiger partial charge >= 0.3 is 0 Å². The monoisotopic (exact) mass is 394 g/mol. The molecule has 1 N–H and O–H groups in total. The molecule has 0 fully saturated rings. The second-order valence-corrected chi connectivity index (χ2v) is 5.97. The molecule has 2 aromatic carbocycles. The van der Waals surface area contributed by atoms with Crippen LogP contribution in [0.15, 0.2) is 30.3 Å². The van der Waals surface area contributed by atoms with E-state index in [0.29, 0.717) is 29.5 Å². The number of carbonyl (C=O) groups is 1. The van der Waals surface area contributed by atoms with E-state index >= 15 is 0 Å². The average molecular weight is 394 g/mol. The van der Waals surface area contributed by atoms with Gasteiger partial charge in [-0.05, 0) is 18.7 Å². The minimum absolute atomic E-state index is 0.0162. The molecular formula is C20H24F2N2O4. The fraction of sp³-hybridized carbons (Fsp3) is 0.350. The molecule has 0 aromatic heterocycles. The summed E-state index contributed by atoms with van der Waals surface area (Å²) in [4.78, 5) is 14.1. The second-order valence-electron chi connectivity index (χ2n) is 5.97. The summed E-state index contributed by atoms with van der Waals surface area (Å²) in [5.74, 6) is -0.399. The van der Waals surface area contributed by atoms with Crippen LogP contribution in [0.4, 0.5) is 14.5 Å². The number of rotatable bonds is 9. The van der Waals surface area contributed by atoms with Gasteiger partial charge in [-0.15, -0.1) is 0 Å². The number of halogens is 2. The minimum atomic E-state index is -0.636. The predicted octanol–water partition coefficient (Wildman–Crippen LogP) is 3.45. The maximum absolute atomic E-state index is 13.9. The van der Waals surface area contributed by atoms with E-state index in [9.17, 15) is 13.6 Å². The highest BCUT2D eigenvalue weighted by atomic mass is 19.1. The molecular weight excluding hydrogens is 370 g/mol. The summed E-state index contributed by atoms with van der Waals surface area (Å²) in [6.07, 6.45) is 0. The first-order valence-corrected chi connectivity index (χ1v) is 8.68. The first-order valence-electron chi connectivity index (χ1n) is 8.68. The zero-order valence-corrected chi connectivity index (χ0v) is 16.3. The Morgan fingerprint density at radius 2 is 1.61 bits per heavy atom. The van der Waals surface area contributed by atoms with Crippen LogP contribution in [0.3, 0.4) is 0 Å². The van der Waals surface area contributed by atoms with Gasteiger partial charge in [-0.3, -0.25) is 9.69 Å². The Morgan fingerprint density at radius 3 is 2.07 bits per heavy atom. The smallest absolute Gasteiger partial charge is 0.238 e. The molecule has 0 spiro atoms. The fourth-order valence-electron chi connectivity index (χ4n) is 2.74. The van der Waals surface area contributed by atoms with Gasteiger partial charge in [0, 0.05) is 29.9 Å². The standard InChI is InChI=1S/C20H24F2N2O4/c1-5-24(11-14-15(21)7-6-8-16(14)22)12-19(25)23-13-9-17(26-2)20(28-4)18(10-13)27-3/h6-10H,5,11-12H2,1-4H3,(H,23,25). The van der Waals surface area contributed by atoms with Crippen LogP contribution in [0.25, 0.3) is 0 Å². The second kappa shape index (κ2) is 9.89. The van der Waals surface area contributed by atoms with Crippen LogP contribution in [0.5, 0.6) is 17.2 Å². The van der Waals surface area contributed by atoms with Crippen LogP contribution in [0, 0.1) is 11.6 Å². The Labute approximate surface area is 163 Å². The van der Waals surface area contributed by atoms with E-state index in [1.165, 1.54) is 39.5 Å². The highest BCUT2D eigenvalue weighted by molar-refractivity contribution is 5.93. The molecule has 0 atom stereocenters. The maximum Gasteiger partial charge on any atom is 0.238 e. The molecule has 2 aromatic rings. The number of nitrogens with zero attached hydrogens (tertiary/aromatic N) is 1. The first-order chi connectivity index (χ1) is 13.4. The third-order valence-electron chi connectivity index (χ3n) is 4.21. The molecule has 152 valence electrons. The molecule has 1 amide bonds. The highest BCUT2D eigenvalue weighted by Crippen LogP contribution is 2.39. The van der Waals surface area contributed by atoms with Crippen LogP contribution in [-0.2, 0) is 11.3 Å². The van der Waals surface area contributed by atoms with E-state index in [0.717, 1.165) is 0 Å². The Morgan fingerprint density at radius 1 is 1.04 bits per heavy atom. The summed E-state index contributed by atoms with van der Waals surface area (Å²) in [5, 5.41) is 2.74. The Hall–Kier alpha value is -2.87. The molecule has 0 unspecified atom stereocenters. The molecule has 0 bridgehead atoms. The molecule has 0 radical (unpaired) electrons. The number of ether oxygens (including phenoxy) is 3. The van der Waals surface area contributed by atoms with Crippen molar-refractivity contribution >= 4 is 11.6 Å². The Balaban J connectivity index is 2.12. The van der Waals surface area contributed by atoms with Gasteiger partial charge in [0.2, 0.25) is 11.7 Å². The van der Waals surface area contributed by atoms with Crippen LogP contribution in [0.1, 0.15) is 12.5 Å². The Kier molecular flexibility index (Phi) is 7.57. The number of amides is 1. The largest absolute Gasteiger partial charge is 0.493 e. The number of likely N-dealkylation sites (N-methyl/N-ethyl adjacent to an activating group) is 1.